The van der Waals surface area contributed by atoms with Crippen molar-refractivity contribution in [1.29, 1.82) is 0 Å². The van der Waals surface area contributed by atoms with Crippen LogP contribution in [0.3, 0.4) is 0 Å². The van der Waals surface area contributed by atoms with Gasteiger partial charge in [-0.25, -0.2) is 4.98 Å². The Morgan fingerprint density at radius 3 is 2.67 bits per heavy atom. The van der Waals surface area contributed by atoms with Gasteiger partial charge in [0.25, 0.3) is 5.91 Å². The topological polar surface area (TPSA) is 70.7 Å². The van der Waals surface area contributed by atoms with E-state index in [9.17, 15) is 18.0 Å². The zero-order valence-corrected chi connectivity index (χ0v) is 12.0. The molecular formula is C13H19F3N4O. The molecule has 2 N–H and O–H groups in total. The summed E-state index contributed by atoms with van der Waals surface area (Å²) in [5, 5.41) is 9.06. The first-order chi connectivity index (χ1) is 9.77. The Bertz CT molecular complexity index is 498. The summed E-state index contributed by atoms with van der Waals surface area (Å²) in [4.78, 5) is 16.0. The summed E-state index contributed by atoms with van der Waals surface area (Å²) in [6.45, 7) is 3.80. The number of nitrogens with zero attached hydrogens (tertiary/aromatic N) is 2. The maximum Gasteiger partial charge on any atom is 0.391 e. The molecule has 2 atom stereocenters. The SMILES string of the molecule is CC(C)c1nc(C(=O)NC2CCCC(C(F)(F)F)C2)n[nH]1. The predicted molar refractivity (Wildman–Crippen MR) is 69.7 cm³/mol. The molecule has 1 heterocycles. The first kappa shape index (κ1) is 15.8. The molecule has 2 unspecified atom stereocenters. The summed E-state index contributed by atoms with van der Waals surface area (Å²) in [5.74, 6) is -1.20. The van der Waals surface area contributed by atoms with E-state index < -0.39 is 24.0 Å². The van der Waals surface area contributed by atoms with Crippen molar-refractivity contribution in [3.05, 3.63) is 11.6 Å². The van der Waals surface area contributed by atoms with Gasteiger partial charge in [0.05, 0.1) is 5.92 Å². The van der Waals surface area contributed by atoms with Gasteiger partial charge in [0.15, 0.2) is 0 Å². The lowest BCUT2D eigenvalue weighted by atomic mass is 9.85. The fourth-order valence-corrected chi connectivity index (χ4v) is 2.50. The van der Waals surface area contributed by atoms with Crippen molar-refractivity contribution in [3.63, 3.8) is 0 Å². The Balaban J connectivity index is 1.95. The minimum absolute atomic E-state index is 0.0205. The van der Waals surface area contributed by atoms with Crippen LogP contribution >= 0.6 is 0 Å². The molecule has 0 saturated heterocycles. The van der Waals surface area contributed by atoms with Crippen LogP contribution in [0.4, 0.5) is 13.2 Å². The standard InChI is InChI=1S/C13H19F3N4O/c1-7(2)10-18-11(20-19-10)12(21)17-9-5-3-4-8(6-9)13(14,15)16/h7-9H,3-6H2,1-2H3,(H,17,21)(H,18,19,20). The lowest BCUT2D eigenvalue weighted by Crippen LogP contribution is -2.41. The number of amides is 1. The van der Waals surface area contributed by atoms with E-state index in [1.807, 2.05) is 13.8 Å². The number of aromatic amines is 1. The number of aromatic nitrogens is 3. The highest BCUT2D eigenvalue weighted by molar-refractivity contribution is 5.90. The van der Waals surface area contributed by atoms with Crippen molar-refractivity contribution < 1.29 is 18.0 Å². The maximum atomic E-state index is 12.7. The van der Waals surface area contributed by atoms with Crippen LogP contribution in [-0.2, 0) is 0 Å². The Morgan fingerprint density at radius 2 is 2.10 bits per heavy atom. The fraction of sp³-hybridized carbons (Fsp3) is 0.769. The van der Waals surface area contributed by atoms with Crippen LogP contribution in [0.5, 0.6) is 0 Å². The Labute approximate surface area is 120 Å². The molecule has 0 aliphatic heterocycles. The van der Waals surface area contributed by atoms with E-state index in [1.165, 1.54) is 0 Å². The fourth-order valence-electron chi connectivity index (χ4n) is 2.50. The molecule has 0 aromatic carbocycles. The summed E-state index contributed by atoms with van der Waals surface area (Å²) < 4.78 is 38.2. The minimum atomic E-state index is -4.20. The number of rotatable bonds is 3. The van der Waals surface area contributed by atoms with Gasteiger partial charge < -0.3 is 5.32 Å². The van der Waals surface area contributed by atoms with Crippen LogP contribution in [0.1, 0.15) is 61.9 Å². The molecule has 1 amide bonds. The molecule has 1 aliphatic carbocycles. The van der Waals surface area contributed by atoms with Crippen LogP contribution in [0.25, 0.3) is 0 Å². The van der Waals surface area contributed by atoms with E-state index in [1.54, 1.807) is 0 Å². The third-order valence-electron chi connectivity index (χ3n) is 3.73. The van der Waals surface area contributed by atoms with E-state index >= 15 is 0 Å². The number of alkyl halides is 3. The average molecular weight is 304 g/mol. The van der Waals surface area contributed by atoms with Crippen molar-refractivity contribution in [3.8, 4) is 0 Å². The van der Waals surface area contributed by atoms with Crippen LogP contribution in [0.2, 0.25) is 0 Å². The minimum Gasteiger partial charge on any atom is -0.347 e. The van der Waals surface area contributed by atoms with Crippen LogP contribution in [0, 0.1) is 5.92 Å². The Morgan fingerprint density at radius 1 is 1.38 bits per heavy atom. The van der Waals surface area contributed by atoms with Crippen LogP contribution in [0.15, 0.2) is 0 Å². The summed E-state index contributed by atoms with van der Waals surface area (Å²) in [6, 6.07) is -0.473. The van der Waals surface area contributed by atoms with Gasteiger partial charge in [-0.1, -0.05) is 20.3 Å². The number of carbonyl (C=O) groups is 1. The van der Waals surface area contributed by atoms with Gasteiger partial charge in [-0.15, -0.1) is 5.10 Å². The smallest absolute Gasteiger partial charge is 0.347 e. The third kappa shape index (κ3) is 3.95. The normalized spacial score (nSPS) is 23.3. The molecule has 1 aromatic heterocycles. The Kier molecular flexibility index (Phi) is 4.53. The highest BCUT2D eigenvalue weighted by Crippen LogP contribution is 2.37. The number of H-pyrrole nitrogens is 1. The van der Waals surface area contributed by atoms with Crippen molar-refractivity contribution in [2.75, 3.05) is 0 Å². The predicted octanol–water partition coefficient (Wildman–Crippen LogP) is 2.78. The molecule has 1 saturated carbocycles. The summed E-state index contributed by atoms with van der Waals surface area (Å²) in [5.41, 5.74) is 0. The first-order valence-electron chi connectivity index (χ1n) is 7.07. The zero-order valence-electron chi connectivity index (χ0n) is 12.0. The quantitative estimate of drug-likeness (QED) is 0.902. The van der Waals surface area contributed by atoms with Gasteiger partial charge in [-0.3, -0.25) is 9.89 Å². The first-order valence-corrected chi connectivity index (χ1v) is 7.07. The molecule has 5 nitrogen and oxygen atoms in total. The molecule has 0 radical (unpaired) electrons. The van der Waals surface area contributed by atoms with Gasteiger partial charge in [0.1, 0.15) is 5.82 Å². The van der Waals surface area contributed by atoms with Crippen LogP contribution < -0.4 is 5.32 Å². The van der Waals surface area contributed by atoms with Gasteiger partial charge in [0.2, 0.25) is 5.82 Å². The van der Waals surface area contributed by atoms with Gasteiger partial charge in [-0.05, 0) is 19.3 Å². The van der Waals surface area contributed by atoms with Crippen molar-refractivity contribution in [2.45, 2.75) is 57.7 Å². The number of halogens is 3. The van der Waals surface area contributed by atoms with E-state index in [-0.39, 0.29) is 24.6 Å². The number of carbonyl (C=O) groups excluding carboxylic acids is 1. The van der Waals surface area contributed by atoms with Crippen LogP contribution in [-0.4, -0.2) is 33.3 Å². The number of nitrogens with one attached hydrogen (secondary N) is 2. The largest absolute Gasteiger partial charge is 0.391 e. The second-order valence-electron chi connectivity index (χ2n) is 5.77. The third-order valence-corrected chi connectivity index (χ3v) is 3.73. The average Bonchev–Trinajstić information content (AvgIpc) is 2.88. The van der Waals surface area contributed by atoms with E-state index in [0.717, 1.165) is 0 Å². The van der Waals surface area contributed by atoms with Gasteiger partial charge in [-0.2, -0.15) is 13.2 Å². The van der Waals surface area contributed by atoms with Crippen molar-refractivity contribution in [1.82, 2.24) is 20.5 Å². The zero-order chi connectivity index (χ0) is 15.6. The molecular weight excluding hydrogens is 285 g/mol. The number of hydrogen-bond acceptors (Lipinski definition) is 3. The molecule has 21 heavy (non-hydrogen) atoms. The summed E-state index contributed by atoms with van der Waals surface area (Å²) in [7, 11) is 0. The molecule has 2 rings (SSSR count). The number of hydrogen-bond donors (Lipinski definition) is 2. The maximum absolute atomic E-state index is 12.7. The lowest BCUT2D eigenvalue weighted by Gasteiger charge is -2.30. The second-order valence-corrected chi connectivity index (χ2v) is 5.77. The molecule has 1 aromatic rings. The molecule has 0 spiro atoms. The van der Waals surface area contributed by atoms with Gasteiger partial charge in [0, 0.05) is 12.0 Å². The summed E-state index contributed by atoms with van der Waals surface area (Å²) in [6.07, 6.45) is -3.12. The highest BCUT2D eigenvalue weighted by Gasteiger charge is 2.42. The van der Waals surface area contributed by atoms with E-state index in [2.05, 4.69) is 20.5 Å². The molecule has 8 heteroatoms. The van der Waals surface area contributed by atoms with E-state index in [0.29, 0.717) is 18.7 Å². The summed E-state index contributed by atoms with van der Waals surface area (Å²) >= 11 is 0. The highest BCUT2D eigenvalue weighted by atomic mass is 19.4. The van der Waals surface area contributed by atoms with Gasteiger partial charge >= 0.3 is 6.18 Å². The monoisotopic (exact) mass is 304 g/mol. The lowest BCUT2D eigenvalue weighted by molar-refractivity contribution is -0.183. The van der Waals surface area contributed by atoms with Crippen molar-refractivity contribution in [2.24, 2.45) is 5.92 Å². The Hall–Kier alpha value is -1.60. The van der Waals surface area contributed by atoms with Crippen molar-refractivity contribution >= 4 is 5.91 Å². The molecule has 1 fully saturated rings. The van der Waals surface area contributed by atoms with E-state index in [4.69, 9.17) is 0 Å². The molecule has 0 bridgehead atoms. The molecule has 1 aliphatic rings. The second kappa shape index (κ2) is 6.03. The molecule has 118 valence electrons.